The van der Waals surface area contributed by atoms with Gasteiger partial charge >= 0.3 is 5.97 Å². The molecule has 4 rings (SSSR count). The number of aliphatic carboxylic acids is 1. The summed E-state index contributed by atoms with van der Waals surface area (Å²) < 4.78 is 17.5. The molecule has 2 aliphatic carbocycles. The summed E-state index contributed by atoms with van der Waals surface area (Å²) in [6.45, 7) is 2.14. The quantitative estimate of drug-likeness (QED) is 0.582. The van der Waals surface area contributed by atoms with E-state index in [9.17, 15) is 14.7 Å². The SMILES string of the molecule is CCCC1CCC1(COc1c(-c2cccc3c2CCC3=O)ccc(OC)c1OC)C(=O)O. The molecule has 32 heavy (non-hydrogen) atoms. The highest BCUT2D eigenvalue weighted by atomic mass is 16.5. The minimum Gasteiger partial charge on any atom is -0.493 e. The molecular formula is C26H30O6. The summed E-state index contributed by atoms with van der Waals surface area (Å²) in [5.74, 6) is 0.839. The molecule has 1 N–H and O–H groups in total. The van der Waals surface area contributed by atoms with Gasteiger partial charge in [0.1, 0.15) is 12.0 Å². The van der Waals surface area contributed by atoms with E-state index in [0.717, 1.165) is 41.5 Å². The molecule has 2 atom stereocenters. The van der Waals surface area contributed by atoms with Gasteiger partial charge in [-0.25, -0.2) is 0 Å². The first-order chi connectivity index (χ1) is 15.5. The normalized spacial score (nSPS) is 21.6. The Hall–Kier alpha value is -3.02. The van der Waals surface area contributed by atoms with Crippen molar-refractivity contribution in [1.29, 1.82) is 0 Å². The Morgan fingerprint density at radius 2 is 1.84 bits per heavy atom. The molecule has 0 aliphatic heterocycles. The van der Waals surface area contributed by atoms with Crippen LogP contribution in [-0.4, -0.2) is 37.7 Å². The van der Waals surface area contributed by atoms with Crippen molar-refractivity contribution in [2.75, 3.05) is 20.8 Å². The highest BCUT2D eigenvalue weighted by Crippen LogP contribution is 2.52. The van der Waals surface area contributed by atoms with Crippen molar-refractivity contribution in [2.24, 2.45) is 11.3 Å². The van der Waals surface area contributed by atoms with Gasteiger partial charge in [-0.1, -0.05) is 31.5 Å². The van der Waals surface area contributed by atoms with Crippen molar-refractivity contribution in [3.8, 4) is 28.4 Å². The number of carbonyl (C=O) groups excluding carboxylic acids is 1. The smallest absolute Gasteiger partial charge is 0.313 e. The Balaban J connectivity index is 1.78. The predicted molar refractivity (Wildman–Crippen MR) is 121 cm³/mol. The number of methoxy groups -OCH3 is 2. The second-order valence-electron chi connectivity index (χ2n) is 8.71. The zero-order valence-corrected chi connectivity index (χ0v) is 18.9. The molecule has 0 amide bonds. The molecule has 0 saturated heterocycles. The first kappa shape index (κ1) is 22.2. The van der Waals surface area contributed by atoms with E-state index in [1.807, 2.05) is 30.3 Å². The van der Waals surface area contributed by atoms with Crippen LogP contribution in [0.15, 0.2) is 30.3 Å². The number of fused-ring (bicyclic) bond motifs is 1. The molecule has 0 spiro atoms. The summed E-state index contributed by atoms with van der Waals surface area (Å²) >= 11 is 0. The van der Waals surface area contributed by atoms with E-state index in [0.29, 0.717) is 36.5 Å². The molecule has 0 radical (unpaired) electrons. The van der Waals surface area contributed by atoms with Gasteiger partial charge in [-0.05, 0) is 54.9 Å². The van der Waals surface area contributed by atoms with Gasteiger partial charge in [0.25, 0.3) is 0 Å². The van der Waals surface area contributed by atoms with E-state index in [1.165, 1.54) is 0 Å². The Morgan fingerprint density at radius 1 is 1.06 bits per heavy atom. The van der Waals surface area contributed by atoms with Crippen molar-refractivity contribution >= 4 is 11.8 Å². The topological polar surface area (TPSA) is 82.1 Å². The fourth-order valence-corrected chi connectivity index (χ4v) is 5.20. The van der Waals surface area contributed by atoms with Crippen LogP contribution < -0.4 is 14.2 Å². The number of benzene rings is 2. The number of hydrogen-bond donors (Lipinski definition) is 1. The second-order valence-corrected chi connectivity index (χ2v) is 8.71. The molecule has 2 aliphatic rings. The highest BCUT2D eigenvalue weighted by molar-refractivity contribution is 6.02. The van der Waals surface area contributed by atoms with Crippen LogP contribution in [0.1, 0.15) is 54.9 Å². The van der Waals surface area contributed by atoms with Gasteiger partial charge in [0.15, 0.2) is 17.3 Å². The molecule has 2 aromatic carbocycles. The number of rotatable bonds is 9. The van der Waals surface area contributed by atoms with Crippen LogP contribution in [0.2, 0.25) is 0 Å². The lowest BCUT2D eigenvalue weighted by molar-refractivity contribution is -0.165. The maximum absolute atomic E-state index is 12.3. The van der Waals surface area contributed by atoms with Crippen LogP contribution in [0.25, 0.3) is 11.1 Å². The summed E-state index contributed by atoms with van der Waals surface area (Å²) in [6.07, 6.45) is 4.49. The summed E-state index contributed by atoms with van der Waals surface area (Å²) in [4.78, 5) is 24.6. The van der Waals surface area contributed by atoms with E-state index in [-0.39, 0.29) is 18.3 Å². The molecule has 6 nitrogen and oxygen atoms in total. The van der Waals surface area contributed by atoms with E-state index in [4.69, 9.17) is 14.2 Å². The second kappa shape index (κ2) is 8.85. The van der Waals surface area contributed by atoms with E-state index in [1.54, 1.807) is 14.2 Å². The number of carboxylic acid groups (broad SMARTS) is 1. The monoisotopic (exact) mass is 438 g/mol. The third kappa shape index (κ3) is 3.51. The van der Waals surface area contributed by atoms with Gasteiger partial charge in [-0.15, -0.1) is 0 Å². The van der Waals surface area contributed by atoms with Gasteiger partial charge in [0.2, 0.25) is 5.75 Å². The van der Waals surface area contributed by atoms with E-state index < -0.39 is 11.4 Å². The summed E-state index contributed by atoms with van der Waals surface area (Å²) in [5.41, 5.74) is 2.53. The molecule has 1 saturated carbocycles. The van der Waals surface area contributed by atoms with E-state index in [2.05, 4.69) is 6.92 Å². The highest BCUT2D eigenvalue weighted by Gasteiger charge is 2.53. The van der Waals surface area contributed by atoms with Crippen molar-refractivity contribution in [1.82, 2.24) is 0 Å². The average Bonchev–Trinajstić information content (AvgIpc) is 3.17. The third-order valence-electron chi connectivity index (χ3n) is 7.13. The molecule has 0 heterocycles. The predicted octanol–water partition coefficient (Wildman–Crippen LogP) is 5.16. The molecule has 1 fully saturated rings. The third-order valence-corrected chi connectivity index (χ3v) is 7.13. The Kier molecular flexibility index (Phi) is 6.13. The lowest BCUT2D eigenvalue weighted by Crippen LogP contribution is -2.51. The minimum atomic E-state index is -0.893. The molecule has 0 bridgehead atoms. The van der Waals surface area contributed by atoms with Crippen molar-refractivity contribution < 1.29 is 28.9 Å². The maximum atomic E-state index is 12.3. The largest absolute Gasteiger partial charge is 0.493 e. The van der Waals surface area contributed by atoms with Crippen LogP contribution in [-0.2, 0) is 11.2 Å². The summed E-state index contributed by atoms with van der Waals surface area (Å²) in [5, 5.41) is 10.1. The van der Waals surface area contributed by atoms with Gasteiger partial charge in [-0.3, -0.25) is 9.59 Å². The Morgan fingerprint density at radius 3 is 2.47 bits per heavy atom. The Labute approximate surface area is 188 Å². The van der Waals surface area contributed by atoms with Crippen LogP contribution >= 0.6 is 0 Å². The standard InChI is InChI=1S/C26H30O6/c1-4-6-16-13-14-26(16,25(28)29)15-32-23-20(10-12-22(30-2)24(23)31-3)17-7-5-8-19-18(17)9-11-21(19)27/h5,7-8,10,12,16H,4,6,9,11,13-15H2,1-3H3,(H,28,29). The molecule has 2 unspecified atom stereocenters. The van der Waals surface area contributed by atoms with Crippen molar-refractivity contribution in [3.63, 3.8) is 0 Å². The number of ether oxygens (including phenoxy) is 3. The van der Waals surface area contributed by atoms with E-state index >= 15 is 0 Å². The Bertz CT molecular complexity index is 1040. The number of Topliss-reactive ketones (excluding diaryl/α,β-unsaturated/α-hetero) is 1. The van der Waals surface area contributed by atoms with Crippen LogP contribution in [0.5, 0.6) is 17.2 Å². The zero-order chi connectivity index (χ0) is 22.9. The number of carboxylic acids is 1. The molecule has 170 valence electrons. The number of hydrogen-bond acceptors (Lipinski definition) is 5. The molecule has 6 heteroatoms. The van der Waals surface area contributed by atoms with Crippen molar-refractivity contribution in [3.05, 3.63) is 41.5 Å². The van der Waals surface area contributed by atoms with Gasteiger partial charge in [0, 0.05) is 17.5 Å². The zero-order valence-electron chi connectivity index (χ0n) is 18.9. The molecule has 2 aromatic rings. The maximum Gasteiger partial charge on any atom is 0.313 e. The first-order valence-electron chi connectivity index (χ1n) is 11.2. The lowest BCUT2D eigenvalue weighted by Gasteiger charge is -2.46. The summed E-state index contributed by atoms with van der Waals surface area (Å²) in [7, 11) is 3.10. The van der Waals surface area contributed by atoms with Gasteiger partial charge < -0.3 is 19.3 Å². The number of ketones is 1. The summed E-state index contributed by atoms with van der Waals surface area (Å²) in [6, 6.07) is 9.42. The van der Waals surface area contributed by atoms with Crippen LogP contribution in [0.4, 0.5) is 0 Å². The van der Waals surface area contributed by atoms with Crippen LogP contribution in [0, 0.1) is 11.3 Å². The molecule has 0 aromatic heterocycles. The fourth-order valence-electron chi connectivity index (χ4n) is 5.20. The fraction of sp³-hybridized carbons (Fsp3) is 0.462. The molecular weight excluding hydrogens is 408 g/mol. The first-order valence-corrected chi connectivity index (χ1v) is 11.2. The lowest BCUT2D eigenvalue weighted by atomic mass is 9.59. The average molecular weight is 439 g/mol. The van der Waals surface area contributed by atoms with Crippen LogP contribution in [0.3, 0.4) is 0 Å². The van der Waals surface area contributed by atoms with Crippen molar-refractivity contribution in [2.45, 2.75) is 45.4 Å². The van der Waals surface area contributed by atoms with Gasteiger partial charge in [-0.2, -0.15) is 0 Å². The number of carbonyl (C=O) groups is 2. The van der Waals surface area contributed by atoms with Gasteiger partial charge in [0.05, 0.1) is 14.2 Å². The minimum absolute atomic E-state index is 0.0669.